The molecule has 1 saturated carbocycles. The SMILES string of the molecule is CC(C(=O)O)N(C(=O)OCC1c2ccccc2-c2ccccc21)C1CCC1. The molecule has 0 heterocycles. The minimum atomic E-state index is -1.00. The van der Waals surface area contributed by atoms with Crippen LogP contribution in [0, 0.1) is 0 Å². The van der Waals surface area contributed by atoms with Crippen LogP contribution in [0.15, 0.2) is 48.5 Å². The van der Waals surface area contributed by atoms with E-state index in [1.54, 1.807) is 6.92 Å². The number of carboxylic acid groups (broad SMARTS) is 1. The fraction of sp³-hybridized carbons (Fsp3) is 0.364. The van der Waals surface area contributed by atoms with Crippen molar-refractivity contribution in [3.8, 4) is 11.1 Å². The van der Waals surface area contributed by atoms with Crippen LogP contribution in [0.5, 0.6) is 0 Å². The fourth-order valence-electron chi connectivity index (χ4n) is 4.08. The van der Waals surface area contributed by atoms with Gasteiger partial charge in [-0.2, -0.15) is 0 Å². The van der Waals surface area contributed by atoms with E-state index in [-0.39, 0.29) is 18.6 Å². The Morgan fingerprint density at radius 3 is 2.11 bits per heavy atom. The van der Waals surface area contributed by atoms with Gasteiger partial charge < -0.3 is 9.84 Å². The van der Waals surface area contributed by atoms with Gasteiger partial charge >= 0.3 is 12.1 Å². The number of amides is 1. The maximum absolute atomic E-state index is 12.7. The molecule has 0 aliphatic heterocycles. The molecule has 0 saturated heterocycles. The summed E-state index contributed by atoms with van der Waals surface area (Å²) >= 11 is 0. The van der Waals surface area contributed by atoms with E-state index in [4.69, 9.17) is 4.74 Å². The minimum absolute atomic E-state index is 0.0234. The van der Waals surface area contributed by atoms with Crippen molar-refractivity contribution in [1.82, 2.24) is 4.90 Å². The van der Waals surface area contributed by atoms with Gasteiger partial charge in [0.1, 0.15) is 12.6 Å². The molecule has 0 aromatic heterocycles. The number of rotatable bonds is 5. The second-order valence-corrected chi connectivity index (χ2v) is 7.31. The minimum Gasteiger partial charge on any atom is -0.480 e. The molecule has 2 aliphatic carbocycles. The summed E-state index contributed by atoms with van der Waals surface area (Å²) in [6.45, 7) is 1.75. The number of carboxylic acids is 1. The lowest BCUT2D eigenvalue weighted by Gasteiger charge is -2.39. The number of hydrogen-bond acceptors (Lipinski definition) is 3. The highest BCUT2D eigenvalue weighted by Gasteiger charge is 2.37. The molecule has 1 unspecified atom stereocenters. The van der Waals surface area contributed by atoms with Gasteiger partial charge in [0, 0.05) is 12.0 Å². The molecule has 2 aliphatic rings. The first-order valence-corrected chi connectivity index (χ1v) is 9.44. The summed E-state index contributed by atoms with van der Waals surface area (Å²) in [4.78, 5) is 25.6. The van der Waals surface area contributed by atoms with Crippen molar-refractivity contribution in [2.45, 2.75) is 44.2 Å². The van der Waals surface area contributed by atoms with E-state index in [0.29, 0.717) is 0 Å². The Balaban J connectivity index is 1.54. The fourth-order valence-corrected chi connectivity index (χ4v) is 4.08. The zero-order valence-corrected chi connectivity index (χ0v) is 15.3. The first-order chi connectivity index (χ1) is 13.1. The van der Waals surface area contributed by atoms with E-state index in [2.05, 4.69) is 24.3 Å². The van der Waals surface area contributed by atoms with Crippen LogP contribution in [0.25, 0.3) is 11.1 Å². The van der Waals surface area contributed by atoms with Crippen molar-refractivity contribution < 1.29 is 19.4 Å². The van der Waals surface area contributed by atoms with Crippen LogP contribution in [-0.2, 0) is 9.53 Å². The molecule has 27 heavy (non-hydrogen) atoms. The third-order valence-corrected chi connectivity index (χ3v) is 5.79. The Labute approximate surface area is 158 Å². The van der Waals surface area contributed by atoms with E-state index in [1.165, 1.54) is 16.0 Å². The van der Waals surface area contributed by atoms with Crippen LogP contribution in [0.3, 0.4) is 0 Å². The van der Waals surface area contributed by atoms with Crippen molar-refractivity contribution in [1.29, 1.82) is 0 Å². The van der Waals surface area contributed by atoms with Crippen LogP contribution < -0.4 is 0 Å². The molecule has 4 rings (SSSR count). The number of benzene rings is 2. The number of ether oxygens (including phenoxy) is 1. The van der Waals surface area contributed by atoms with E-state index in [9.17, 15) is 14.7 Å². The Morgan fingerprint density at radius 1 is 1.07 bits per heavy atom. The summed E-state index contributed by atoms with van der Waals surface area (Å²) in [6, 6.07) is 15.4. The van der Waals surface area contributed by atoms with Crippen molar-refractivity contribution in [3.63, 3.8) is 0 Å². The number of fused-ring (bicyclic) bond motifs is 3. The summed E-state index contributed by atoms with van der Waals surface area (Å²) in [5.41, 5.74) is 4.63. The molecular formula is C22H23NO4. The quantitative estimate of drug-likeness (QED) is 0.860. The predicted octanol–water partition coefficient (Wildman–Crippen LogP) is 4.26. The lowest BCUT2D eigenvalue weighted by atomic mass is 9.91. The second kappa shape index (κ2) is 7.06. The molecule has 1 amide bonds. The number of nitrogens with zero attached hydrogens (tertiary/aromatic N) is 1. The van der Waals surface area contributed by atoms with E-state index >= 15 is 0 Å². The molecule has 2 aromatic carbocycles. The third kappa shape index (κ3) is 3.07. The maximum atomic E-state index is 12.7. The lowest BCUT2D eigenvalue weighted by molar-refractivity contribution is -0.143. The Hall–Kier alpha value is -2.82. The van der Waals surface area contributed by atoms with Gasteiger partial charge in [-0.15, -0.1) is 0 Å². The molecule has 140 valence electrons. The summed E-state index contributed by atoms with van der Waals surface area (Å²) in [6.07, 6.45) is 2.16. The average molecular weight is 365 g/mol. The van der Waals surface area contributed by atoms with Gasteiger partial charge in [0.2, 0.25) is 0 Å². The van der Waals surface area contributed by atoms with Crippen LogP contribution >= 0.6 is 0 Å². The van der Waals surface area contributed by atoms with Gasteiger partial charge in [-0.1, -0.05) is 48.5 Å². The second-order valence-electron chi connectivity index (χ2n) is 7.31. The molecule has 5 heteroatoms. The van der Waals surface area contributed by atoms with Crippen LogP contribution in [0.1, 0.15) is 43.2 Å². The molecular weight excluding hydrogens is 342 g/mol. The number of carbonyl (C=O) groups is 2. The van der Waals surface area contributed by atoms with Gasteiger partial charge in [0.25, 0.3) is 0 Å². The topological polar surface area (TPSA) is 66.8 Å². The van der Waals surface area contributed by atoms with Crippen LogP contribution in [0.2, 0.25) is 0 Å². The van der Waals surface area contributed by atoms with Crippen molar-refractivity contribution in [2.75, 3.05) is 6.61 Å². The van der Waals surface area contributed by atoms with Gasteiger partial charge in [0.15, 0.2) is 0 Å². The summed E-state index contributed by atoms with van der Waals surface area (Å²) < 4.78 is 5.65. The highest BCUT2D eigenvalue weighted by atomic mass is 16.6. The van der Waals surface area contributed by atoms with E-state index < -0.39 is 18.1 Å². The van der Waals surface area contributed by atoms with Crippen LogP contribution in [-0.4, -0.2) is 40.8 Å². The van der Waals surface area contributed by atoms with Crippen LogP contribution in [0.4, 0.5) is 4.79 Å². The largest absolute Gasteiger partial charge is 0.480 e. The number of carbonyl (C=O) groups excluding carboxylic acids is 1. The molecule has 0 bridgehead atoms. The summed E-state index contributed by atoms with van der Waals surface area (Å²) in [5, 5.41) is 9.36. The smallest absolute Gasteiger partial charge is 0.410 e. The molecule has 1 atom stereocenters. The summed E-state index contributed by atoms with van der Waals surface area (Å²) in [7, 11) is 0. The highest BCUT2D eigenvalue weighted by molar-refractivity contribution is 5.81. The lowest BCUT2D eigenvalue weighted by Crippen LogP contribution is -2.52. The Bertz CT molecular complexity index is 829. The predicted molar refractivity (Wildman–Crippen MR) is 102 cm³/mol. The highest BCUT2D eigenvalue weighted by Crippen LogP contribution is 2.44. The molecule has 2 aromatic rings. The molecule has 1 fully saturated rings. The number of hydrogen-bond donors (Lipinski definition) is 1. The van der Waals surface area contributed by atoms with E-state index in [1.807, 2.05) is 24.3 Å². The van der Waals surface area contributed by atoms with E-state index in [0.717, 1.165) is 30.4 Å². The van der Waals surface area contributed by atoms with Gasteiger partial charge in [-0.3, -0.25) is 4.90 Å². The van der Waals surface area contributed by atoms with Crippen molar-refractivity contribution in [2.24, 2.45) is 0 Å². The molecule has 0 radical (unpaired) electrons. The molecule has 1 N–H and O–H groups in total. The first-order valence-electron chi connectivity index (χ1n) is 9.44. The first kappa shape index (κ1) is 17.6. The monoisotopic (exact) mass is 365 g/mol. The van der Waals surface area contributed by atoms with Crippen molar-refractivity contribution >= 4 is 12.1 Å². The normalized spacial score (nSPS) is 16.8. The Morgan fingerprint density at radius 2 is 1.63 bits per heavy atom. The standard InChI is InChI=1S/C22H23NO4/c1-14(21(24)25)23(15-7-6-8-15)22(26)27-13-20-18-11-4-2-9-16(18)17-10-3-5-12-19(17)20/h2-5,9-12,14-15,20H,6-8,13H2,1H3,(H,24,25). The third-order valence-electron chi connectivity index (χ3n) is 5.79. The summed E-state index contributed by atoms with van der Waals surface area (Å²) in [5.74, 6) is -1.03. The van der Waals surface area contributed by atoms with Gasteiger partial charge in [0.05, 0.1) is 0 Å². The Kier molecular flexibility index (Phi) is 4.60. The molecule has 5 nitrogen and oxygen atoms in total. The zero-order valence-electron chi connectivity index (χ0n) is 15.3. The van der Waals surface area contributed by atoms with Gasteiger partial charge in [-0.05, 0) is 48.4 Å². The maximum Gasteiger partial charge on any atom is 0.410 e. The van der Waals surface area contributed by atoms with Gasteiger partial charge in [-0.25, -0.2) is 9.59 Å². The molecule has 0 spiro atoms. The zero-order chi connectivity index (χ0) is 19.0. The number of aliphatic carboxylic acids is 1. The van der Waals surface area contributed by atoms with Crippen molar-refractivity contribution in [3.05, 3.63) is 59.7 Å². The average Bonchev–Trinajstić information content (AvgIpc) is 2.96.